The van der Waals surface area contributed by atoms with E-state index in [9.17, 15) is 14.4 Å². The van der Waals surface area contributed by atoms with E-state index in [1.54, 1.807) is 65.8 Å². The molecule has 0 fully saturated rings. The average molecular weight is 508 g/mol. The predicted molar refractivity (Wildman–Crippen MR) is 132 cm³/mol. The lowest BCUT2D eigenvalue weighted by atomic mass is 9.93. The van der Waals surface area contributed by atoms with Crippen LogP contribution in [0.3, 0.4) is 0 Å². The van der Waals surface area contributed by atoms with Crippen LogP contribution in [0.4, 0.5) is 4.79 Å². The molecule has 3 N–H and O–H groups in total. The van der Waals surface area contributed by atoms with Crippen LogP contribution in [0.2, 0.25) is 5.02 Å². The summed E-state index contributed by atoms with van der Waals surface area (Å²) in [4.78, 5) is 37.9. The largest absolute Gasteiger partial charge is 0.458 e. The summed E-state index contributed by atoms with van der Waals surface area (Å²) in [6.07, 6.45) is 2.32. The smallest absolute Gasteiger partial charge is 0.343 e. The molecule has 2 rings (SSSR count). The van der Waals surface area contributed by atoms with Crippen molar-refractivity contribution in [3.8, 4) is 11.3 Å². The fourth-order valence-corrected chi connectivity index (χ4v) is 3.07. The van der Waals surface area contributed by atoms with E-state index in [2.05, 4.69) is 15.6 Å². The molecule has 1 aromatic carbocycles. The van der Waals surface area contributed by atoms with Gasteiger partial charge in [0.15, 0.2) is 0 Å². The van der Waals surface area contributed by atoms with Gasteiger partial charge >= 0.3 is 18.0 Å². The van der Waals surface area contributed by atoms with E-state index in [1.165, 1.54) is 6.20 Å². The number of aromatic nitrogens is 3. The second-order valence-corrected chi connectivity index (χ2v) is 10.7. The number of benzene rings is 1. The summed E-state index contributed by atoms with van der Waals surface area (Å²) >= 11 is 5.89. The molecule has 0 saturated heterocycles. The lowest BCUT2D eigenvalue weighted by molar-refractivity contribution is -0.177. The zero-order valence-corrected chi connectivity index (χ0v) is 21.8. The molecule has 0 spiro atoms. The van der Waals surface area contributed by atoms with Gasteiger partial charge < -0.3 is 20.5 Å². The van der Waals surface area contributed by atoms with E-state index in [0.717, 1.165) is 10.2 Å². The number of carbonyl (C=O) groups is 3. The summed E-state index contributed by atoms with van der Waals surface area (Å²) < 4.78 is 11.8. The third-order valence-corrected chi connectivity index (χ3v) is 4.89. The predicted octanol–water partition coefficient (Wildman–Crippen LogP) is 3.71. The van der Waals surface area contributed by atoms with E-state index in [0.29, 0.717) is 23.6 Å². The molecular formula is C24H34ClN5O5. The fraction of sp³-hybridized carbons (Fsp3) is 0.542. The molecule has 1 amide bonds. The molecule has 1 heterocycles. The van der Waals surface area contributed by atoms with E-state index >= 15 is 0 Å². The molecule has 0 radical (unpaired) electrons. The maximum Gasteiger partial charge on any atom is 0.343 e. The highest BCUT2D eigenvalue weighted by atomic mass is 35.5. The maximum atomic E-state index is 12.8. The number of ether oxygens (including phenoxy) is 2. The Morgan fingerprint density at radius 3 is 2.03 bits per heavy atom. The molecule has 192 valence electrons. The summed E-state index contributed by atoms with van der Waals surface area (Å²) in [5, 5.41) is 11.2. The van der Waals surface area contributed by atoms with Crippen LogP contribution >= 0.6 is 11.6 Å². The Morgan fingerprint density at radius 2 is 1.51 bits per heavy atom. The number of halogens is 1. The van der Waals surface area contributed by atoms with Crippen molar-refractivity contribution >= 4 is 29.6 Å². The molecule has 1 aromatic heterocycles. The molecule has 11 heteroatoms. The van der Waals surface area contributed by atoms with Crippen LogP contribution in [-0.2, 0) is 19.1 Å². The SMILES string of the molecule is CC(C)(C)OC(=O)C(N)(CCCCNC(=O)n1cc(-c2ccc(Cl)cc2)nn1)C(=O)OC(C)(C)C. The molecule has 35 heavy (non-hydrogen) atoms. The van der Waals surface area contributed by atoms with Gasteiger partial charge in [-0.3, -0.25) is 0 Å². The van der Waals surface area contributed by atoms with Crippen LogP contribution in [0.15, 0.2) is 30.5 Å². The van der Waals surface area contributed by atoms with Crippen molar-refractivity contribution in [3.63, 3.8) is 0 Å². The Bertz CT molecular complexity index is 1010. The summed E-state index contributed by atoms with van der Waals surface area (Å²) in [5.41, 5.74) is 3.94. The molecule has 0 aliphatic heterocycles. The first-order chi connectivity index (χ1) is 16.1. The zero-order chi connectivity index (χ0) is 26.4. The van der Waals surface area contributed by atoms with Crippen LogP contribution in [0.5, 0.6) is 0 Å². The lowest BCUT2D eigenvalue weighted by Crippen LogP contribution is -2.59. The van der Waals surface area contributed by atoms with Gasteiger partial charge in [-0.15, -0.1) is 5.10 Å². The minimum Gasteiger partial charge on any atom is -0.458 e. The Hall–Kier alpha value is -2.98. The van der Waals surface area contributed by atoms with Crippen molar-refractivity contribution in [1.82, 2.24) is 20.3 Å². The maximum absolute atomic E-state index is 12.8. The summed E-state index contributed by atoms with van der Waals surface area (Å²) in [6, 6.07) is 6.55. The highest BCUT2D eigenvalue weighted by molar-refractivity contribution is 6.30. The van der Waals surface area contributed by atoms with Crippen LogP contribution in [-0.4, -0.2) is 56.2 Å². The van der Waals surface area contributed by atoms with Crippen molar-refractivity contribution in [1.29, 1.82) is 0 Å². The normalized spacial score (nSPS) is 12.2. The number of carbonyl (C=O) groups excluding carboxylic acids is 3. The van der Waals surface area contributed by atoms with Crippen LogP contribution in [0.1, 0.15) is 60.8 Å². The number of amides is 1. The topological polar surface area (TPSA) is 138 Å². The quantitative estimate of drug-likeness (QED) is 0.313. The minimum absolute atomic E-state index is 0.00324. The van der Waals surface area contributed by atoms with Crippen molar-refractivity contribution in [2.75, 3.05) is 6.54 Å². The van der Waals surface area contributed by atoms with Gasteiger partial charge in [-0.1, -0.05) is 28.9 Å². The molecule has 0 bridgehead atoms. The van der Waals surface area contributed by atoms with Gasteiger partial charge in [0.05, 0.1) is 6.20 Å². The summed E-state index contributed by atoms with van der Waals surface area (Å²) in [7, 11) is 0. The zero-order valence-electron chi connectivity index (χ0n) is 21.1. The van der Waals surface area contributed by atoms with Crippen molar-refractivity contribution in [2.45, 2.75) is 77.5 Å². The summed E-state index contributed by atoms with van der Waals surface area (Å²) in [6.45, 7) is 10.4. The molecule has 0 aliphatic rings. The first kappa shape index (κ1) is 28.3. The molecular weight excluding hydrogens is 474 g/mol. The number of esters is 2. The van der Waals surface area contributed by atoms with Crippen molar-refractivity contribution < 1.29 is 23.9 Å². The van der Waals surface area contributed by atoms with Crippen molar-refractivity contribution in [3.05, 3.63) is 35.5 Å². The number of unbranched alkanes of at least 4 members (excludes halogenated alkanes) is 1. The van der Waals surface area contributed by atoms with Gasteiger partial charge in [-0.05, 0) is 72.9 Å². The number of rotatable bonds is 8. The van der Waals surface area contributed by atoms with E-state index in [-0.39, 0.29) is 13.0 Å². The molecule has 0 atom stereocenters. The Morgan fingerprint density at radius 1 is 0.971 bits per heavy atom. The monoisotopic (exact) mass is 507 g/mol. The lowest BCUT2D eigenvalue weighted by Gasteiger charge is -2.32. The molecule has 0 aliphatic carbocycles. The molecule has 0 saturated carbocycles. The standard InChI is InChI=1S/C24H34ClN5O5/c1-22(2,3)34-19(31)24(26,20(32)35-23(4,5)6)13-7-8-14-27-21(33)30-15-18(28-29-30)16-9-11-17(25)12-10-16/h9-12,15H,7-8,13-14,26H2,1-6H3,(H,27,33). The fourth-order valence-electron chi connectivity index (χ4n) is 2.95. The summed E-state index contributed by atoms with van der Waals surface area (Å²) in [5.74, 6) is -1.69. The number of nitrogens with one attached hydrogen (secondary N) is 1. The first-order valence-corrected chi connectivity index (χ1v) is 11.7. The number of nitrogens with zero attached hydrogens (tertiary/aromatic N) is 3. The van der Waals surface area contributed by atoms with Gasteiger partial charge in [0.25, 0.3) is 0 Å². The Labute approximate surface area is 210 Å². The van der Waals surface area contributed by atoms with Crippen LogP contribution < -0.4 is 11.1 Å². The molecule has 2 aromatic rings. The van der Waals surface area contributed by atoms with E-state index in [4.69, 9.17) is 26.8 Å². The minimum atomic E-state index is -1.95. The second-order valence-electron chi connectivity index (χ2n) is 10.2. The Kier molecular flexibility index (Phi) is 9.02. The number of hydrogen-bond acceptors (Lipinski definition) is 8. The molecule has 0 unspecified atom stereocenters. The Balaban J connectivity index is 1.93. The van der Waals surface area contributed by atoms with Gasteiger partial charge in [-0.25, -0.2) is 14.4 Å². The first-order valence-electron chi connectivity index (χ1n) is 11.3. The van der Waals surface area contributed by atoms with E-state index < -0.39 is 34.7 Å². The highest BCUT2D eigenvalue weighted by Crippen LogP contribution is 2.23. The average Bonchev–Trinajstić information content (AvgIpc) is 3.21. The third kappa shape index (κ3) is 8.63. The van der Waals surface area contributed by atoms with E-state index in [1.807, 2.05) is 0 Å². The molecule has 10 nitrogen and oxygen atoms in total. The number of hydrogen-bond donors (Lipinski definition) is 2. The second kappa shape index (κ2) is 11.2. The van der Waals surface area contributed by atoms with Gasteiger partial charge in [-0.2, -0.15) is 4.68 Å². The van der Waals surface area contributed by atoms with Gasteiger partial charge in [0.2, 0.25) is 5.54 Å². The van der Waals surface area contributed by atoms with Crippen LogP contribution in [0.25, 0.3) is 11.3 Å². The number of nitrogens with two attached hydrogens (primary N) is 1. The third-order valence-electron chi connectivity index (χ3n) is 4.64. The van der Waals surface area contributed by atoms with Gasteiger partial charge in [0.1, 0.15) is 16.9 Å². The van der Waals surface area contributed by atoms with Crippen molar-refractivity contribution in [2.24, 2.45) is 5.73 Å². The van der Waals surface area contributed by atoms with Gasteiger partial charge in [0, 0.05) is 17.1 Å². The van der Waals surface area contributed by atoms with Crippen LogP contribution in [0, 0.1) is 0 Å². The highest BCUT2D eigenvalue weighted by Gasteiger charge is 2.47.